The predicted molar refractivity (Wildman–Crippen MR) is 126 cm³/mol. The van der Waals surface area contributed by atoms with Gasteiger partial charge in [-0.3, -0.25) is 10.6 Å². The summed E-state index contributed by atoms with van der Waals surface area (Å²) in [5.41, 5.74) is 5.15. The summed E-state index contributed by atoms with van der Waals surface area (Å²) in [6.07, 6.45) is -0.124. The minimum atomic E-state index is -0.542. The van der Waals surface area contributed by atoms with Crippen molar-refractivity contribution in [2.45, 2.75) is 26.6 Å². The normalized spacial score (nSPS) is 10.2. The minimum absolute atomic E-state index is 0.117. The fourth-order valence-electron chi connectivity index (χ4n) is 2.88. The van der Waals surface area contributed by atoms with Crippen molar-refractivity contribution in [3.63, 3.8) is 0 Å². The topological polar surface area (TPSA) is 88.7 Å². The van der Waals surface area contributed by atoms with E-state index in [2.05, 4.69) is 22.9 Å². The summed E-state index contributed by atoms with van der Waals surface area (Å²) < 4.78 is 10.5. The van der Waals surface area contributed by atoms with Crippen molar-refractivity contribution >= 4 is 29.2 Å². The lowest BCUT2D eigenvalue weighted by atomic mass is 10.1. The molecular formula is C25H27N3O4. The number of benzene rings is 3. The number of carbonyl (C=O) groups excluding carboxylic acids is 2. The van der Waals surface area contributed by atoms with Crippen molar-refractivity contribution in [2.24, 2.45) is 0 Å². The van der Waals surface area contributed by atoms with Crippen LogP contribution >= 0.6 is 0 Å². The molecule has 0 heterocycles. The van der Waals surface area contributed by atoms with Gasteiger partial charge < -0.3 is 14.8 Å². The highest BCUT2D eigenvalue weighted by atomic mass is 16.6. The monoisotopic (exact) mass is 433 g/mol. The van der Waals surface area contributed by atoms with Crippen LogP contribution in [0.5, 0.6) is 0 Å². The van der Waals surface area contributed by atoms with Crippen molar-refractivity contribution in [2.75, 3.05) is 23.0 Å². The number of amides is 2. The number of rotatable bonds is 8. The molecule has 3 rings (SSSR count). The highest BCUT2D eigenvalue weighted by Crippen LogP contribution is 2.14. The maximum atomic E-state index is 12.0. The van der Waals surface area contributed by atoms with Crippen molar-refractivity contribution in [1.29, 1.82) is 0 Å². The molecule has 0 spiro atoms. The molecule has 7 nitrogen and oxygen atoms in total. The van der Waals surface area contributed by atoms with E-state index in [0.717, 1.165) is 23.2 Å². The van der Waals surface area contributed by atoms with Crippen LogP contribution in [0.15, 0.2) is 72.8 Å². The van der Waals surface area contributed by atoms with Crippen LogP contribution in [0, 0.1) is 0 Å². The fraction of sp³-hybridized carbons (Fsp3) is 0.200. The second-order valence-electron chi connectivity index (χ2n) is 7.10. The Labute approximate surface area is 187 Å². The first-order valence-corrected chi connectivity index (χ1v) is 10.4. The maximum Gasteiger partial charge on any atom is 0.411 e. The van der Waals surface area contributed by atoms with Gasteiger partial charge in [0.2, 0.25) is 0 Å². The van der Waals surface area contributed by atoms with Crippen molar-refractivity contribution < 1.29 is 19.1 Å². The largest absolute Gasteiger partial charge is 0.444 e. The fourth-order valence-corrected chi connectivity index (χ4v) is 2.88. The average molecular weight is 434 g/mol. The van der Waals surface area contributed by atoms with Crippen LogP contribution < -0.4 is 16.0 Å². The first-order valence-electron chi connectivity index (χ1n) is 10.4. The highest BCUT2D eigenvalue weighted by Gasteiger charge is 2.06. The van der Waals surface area contributed by atoms with Crippen molar-refractivity contribution in [1.82, 2.24) is 0 Å². The average Bonchev–Trinajstić information content (AvgIpc) is 2.83. The molecule has 0 bridgehead atoms. The number of hydrogen-bond acceptors (Lipinski definition) is 5. The van der Waals surface area contributed by atoms with Gasteiger partial charge >= 0.3 is 12.2 Å². The van der Waals surface area contributed by atoms with Gasteiger partial charge in [0, 0.05) is 24.1 Å². The van der Waals surface area contributed by atoms with Gasteiger partial charge in [0.1, 0.15) is 13.2 Å². The Bertz CT molecular complexity index is 1020. The molecule has 2 amide bonds. The molecule has 7 heteroatoms. The van der Waals surface area contributed by atoms with Crippen molar-refractivity contribution in [3.8, 4) is 0 Å². The second-order valence-corrected chi connectivity index (χ2v) is 7.10. The van der Waals surface area contributed by atoms with Crippen LogP contribution in [0.1, 0.15) is 23.6 Å². The Balaban J connectivity index is 1.40. The Hall–Kier alpha value is -4.00. The first kappa shape index (κ1) is 22.7. The van der Waals surface area contributed by atoms with Gasteiger partial charge in [-0.1, -0.05) is 43.3 Å². The molecule has 0 radical (unpaired) electrons. The highest BCUT2D eigenvalue weighted by molar-refractivity contribution is 5.85. The van der Waals surface area contributed by atoms with Crippen LogP contribution in [0.3, 0.4) is 0 Å². The van der Waals surface area contributed by atoms with Gasteiger partial charge in [-0.05, 0) is 59.5 Å². The van der Waals surface area contributed by atoms with E-state index in [9.17, 15) is 9.59 Å². The molecule has 0 aliphatic carbocycles. The second kappa shape index (κ2) is 11.4. The number of anilines is 3. The number of ether oxygens (including phenoxy) is 2. The summed E-state index contributed by atoms with van der Waals surface area (Å²) in [5.74, 6) is 0. The summed E-state index contributed by atoms with van der Waals surface area (Å²) in [7, 11) is 1.84. The third kappa shape index (κ3) is 7.05. The van der Waals surface area contributed by atoms with E-state index in [4.69, 9.17) is 9.47 Å². The van der Waals surface area contributed by atoms with Crippen LogP contribution in [0.25, 0.3) is 0 Å². The van der Waals surface area contributed by atoms with Gasteiger partial charge in [-0.15, -0.1) is 0 Å². The lowest BCUT2D eigenvalue weighted by molar-refractivity contribution is 0.154. The molecule has 0 aromatic heterocycles. The molecule has 0 aliphatic heterocycles. The Morgan fingerprint density at radius 2 is 1.00 bits per heavy atom. The molecule has 0 saturated carbocycles. The van der Waals surface area contributed by atoms with E-state index in [0.29, 0.717) is 11.4 Å². The summed E-state index contributed by atoms with van der Waals surface area (Å²) in [5, 5.41) is 8.41. The number of hydrogen-bond donors (Lipinski definition) is 3. The van der Waals surface area contributed by atoms with E-state index in [1.165, 1.54) is 5.56 Å². The molecule has 32 heavy (non-hydrogen) atoms. The zero-order valence-electron chi connectivity index (χ0n) is 18.2. The summed E-state index contributed by atoms with van der Waals surface area (Å²) >= 11 is 0. The Morgan fingerprint density at radius 1 is 0.625 bits per heavy atom. The van der Waals surface area contributed by atoms with Gasteiger partial charge in [0.15, 0.2) is 0 Å². The van der Waals surface area contributed by atoms with Gasteiger partial charge in [-0.2, -0.15) is 0 Å². The standard InChI is InChI=1S/C25H27N3O4/c1-3-18-4-12-22(13-5-18)27-24(29)32-17-20-8-14-23(15-9-20)28-25(30)31-16-19-6-10-21(26-2)11-7-19/h4-15,26H,3,16-17H2,1-2H3,(H,27,29)(H,28,30). The molecule has 3 aromatic carbocycles. The van der Waals surface area contributed by atoms with E-state index < -0.39 is 12.2 Å². The van der Waals surface area contributed by atoms with Crippen LogP contribution in [-0.2, 0) is 29.1 Å². The Morgan fingerprint density at radius 3 is 1.38 bits per heavy atom. The first-order chi connectivity index (χ1) is 15.6. The predicted octanol–water partition coefficient (Wildman–Crippen LogP) is 5.79. The number of carbonyl (C=O) groups is 2. The van der Waals surface area contributed by atoms with Crippen LogP contribution in [0.2, 0.25) is 0 Å². The van der Waals surface area contributed by atoms with Gasteiger partial charge in [0.05, 0.1) is 0 Å². The maximum absolute atomic E-state index is 12.0. The van der Waals surface area contributed by atoms with E-state index in [1.54, 1.807) is 24.3 Å². The van der Waals surface area contributed by atoms with E-state index in [1.807, 2.05) is 55.6 Å². The van der Waals surface area contributed by atoms with E-state index >= 15 is 0 Å². The molecule has 0 atom stereocenters. The minimum Gasteiger partial charge on any atom is -0.444 e. The third-order valence-corrected chi connectivity index (χ3v) is 4.79. The molecule has 0 unspecified atom stereocenters. The SMILES string of the molecule is CCc1ccc(NC(=O)OCc2ccc(NC(=O)OCc3ccc(NC)cc3)cc2)cc1. The quantitative estimate of drug-likeness (QED) is 0.419. The van der Waals surface area contributed by atoms with Gasteiger partial charge in [0.25, 0.3) is 0 Å². The number of nitrogens with one attached hydrogen (secondary N) is 3. The number of aryl methyl sites for hydroxylation is 1. The molecule has 166 valence electrons. The zero-order chi connectivity index (χ0) is 22.8. The molecule has 0 fully saturated rings. The summed E-state index contributed by atoms with van der Waals surface area (Å²) in [6, 6.07) is 22.2. The zero-order valence-corrected chi connectivity index (χ0v) is 18.2. The van der Waals surface area contributed by atoms with Crippen LogP contribution in [0.4, 0.5) is 26.7 Å². The molecule has 0 aliphatic rings. The van der Waals surface area contributed by atoms with E-state index in [-0.39, 0.29) is 13.2 Å². The lowest BCUT2D eigenvalue weighted by Gasteiger charge is -2.10. The summed E-state index contributed by atoms with van der Waals surface area (Å²) in [6.45, 7) is 2.37. The van der Waals surface area contributed by atoms with Gasteiger partial charge in [-0.25, -0.2) is 9.59 Å². The molecular weight excluding hydrogens is 406 g/mol. The van der Waals surface area contributed by atoms with Crippen molar-refractivity contribution in [3.05, 3.63) is 89.5 Å². The molecule has 3 N–H and O–H groups in total. The molecule has 3 aromatic rings. The van der Waals surface area contributed by atoms with Crippen LogP contribution in [-0.4, -0.2) is 19.2 Å². The Kier molecular flexibility index (Phi) is 8.09. The lowest BCUT2D eigenvalue weighted by Crippen LogP contribution is -2.14. The smallest absolute Gasteiger partial charge is 0.411 e. The third-order valence-electron chi connectivity index (χ3n) is 4.79. The summed E-state index contributed by atoms with van der Waals surface area (Å²) in [4.78, 5) is 24.0. The molecule has 0 saturated heterocycles.